The van der Waals surface area contributed by atoms with Crippen molar-refractivity contribution in [3.63, 3.8) is 0 Å². The average molecular weight is 436 g/mol. The van der Waals surface area contributed by atoms with Crippen LogP contribution in [0.2, 0.25) is 0 Å². The number of aryl methyl sites for hydroxylation is 2. The van der Waals surface area contributed by atoms with Gasteiger partial charge in [-0.3, -0.25) is 9.69 Å². The topological polar surface area (TPSA) is 81.5 Å². The molecule has 1 N–H and O–H groups in total. The molecule has 2 aromatic heterocycles. The zero-order valence-electron chi connectivity index (χ0n) is 18.6. The fourth-order valence-electron chi connectivity index (χ4n) is 3.65. The van der Waals surface area contributed by atoms with Gasteiger partial charge >= 0.3 is 0 Å². The molecule has 1 aromatic carbocycles. The normalized spacial score (nSPS) is 14.3. The molecule has 168 valence electrons. The van der Waals surface area contributed by atoms with Crippen LogP contribution in [0, 0.1) is 13.8 Å². The first-order valence-electron chi connectivity index (χ1n) is 10.9. The standard InChI is InChI=1S/C24H29N5O3/c1-18-14-19(2)29(27-18)23-7-6-21(17-25-23)24(30)26-16-20-4-3-5-22(15-20)32-13-10-28-8-11-31-12-9-28/h3-7,14-15,17H,8-13,16H2,1-2H3,(H,26,30). The molecule has 0 unspecified atom stereocenters. The number of aromatic nitrogens is 3. The van der Waals surface area contributed by atoms with Gasteiger partial charge in [0.1, 0.15) is 12.4 Å². The molecule has 0 atom stereocenters. The molecule has 4 rings (SSSR count). The average Bonchev–Trinajstić information content (AvgIpc) is 3.16. The van der Waals surface area contributed by atoms with Gasteiger partial charge < -0.3 is 14.8 Å². The summed E-state index contributed by atoms with van der Waals surface area (Å²) in [6.45, 7) is 9.32. The smallest absolute Gasteiger partial charge is 0.253 e. The lowest BCUT2D eigenvalue weighted by molar-refractivity contribution is 0.0322. The summed E-state index contributed by atoms with van der Waals surface area (Å²) in [5, 5.41) is 7.37. The van der Waals surface area contributed by atoms with Crippen LogP contribution < -0.4 is 10.1 Å². The van der Waals surface area contributed by atoms with E-state index >= 15 is 0 Å². The lowest BCUT2D eigenvalue weighted by Gasteiger charge is -2.26. The Morgan fingerprint density at radius 3 is 2.72 bits per heavy atom. The maximum Gasteiger partial charge on any atom is 0.253 e. The second-order valence-electron chi connectivity index (χ2n) is 7.88. The fraction of sp³-hybridized carbons (Fsp3) is 0.375. The third-order valence-corrected chi connectivity index (χ3v) is 5.37. The zero-order chi connectivity index (χ0) is 22.3. The van der Waals surface area contributed by atoms with E-state index in [1.165, 1.54) is 0 Å². The molecule has 3 aromatic rings. The van der Waals surface area contributed by atoms with Crippen molar-refractivity contribution in [2.45, 2.75) is 20.4 Å². The summed E-state index contributed by atoms with van der Waals surface area (Å²) >= 11 is 0. The van der Waals surface area contributed by atoms with E-state index in [2.05, 4.69) is 20.3 Å². The lowest BCUT2D eigenvalue weighted by atomic mass is 10.2. The Morgan fingerprint density at radius 1 is 1.16 bits per heavy atom. The Hall–Kier alpha value is -3.23. The van der Waals surface area contributed by atoms with Crippen molar-refractivity contribution in [2.75, 3.05) is 39.5 Å². The minimum Gasteiger partial charge on any atom is -0.492 e. The lowest BCUT2D eigenvalue weighted by Crippen LogP contribution is -2.38. The van der Waals surface area contributed by atoms with Crippen molar-refractivity contribution < 1.29 is 14.3 Å². The SMILES string of the molecule is Cc1cc(C)n(-c2ccc(C(=O)NCc3cccc(OCCN4CCOCC4)c3)cn2)n1. The molecule has 8 heteroatoms. The molecule has 1 aliphatic rings. The number of rotatable bonds is 8. The van der Waals surface area contributed by atoms with E-state index in [1.807, 2.05) is 44.2 Å². The number of nitrogens with one attached hydrogen (secondary N) is 1. The first-order chi connectivity index (χ1) is 15.6. The highest BCUT2D eigenvalue weighted by molar-refractivity contribution is 5.93. The first-order valence-corrected chi connectivity index (χ1v) is 10.9. The minimum atomic E-state index is -0.170. The van der Waals surface area contributed by atoms with Crippen LogP contribution in [0.5, 0.6) is 5.75 Å². The largest absolute Gasteiger partial charge is 0.492 e. The van der Waals surface area contributed by atoms with Crippen LogP contribution >= 0.6 is 0 Å². The van der Waals surface area contributed by atoms with Crippen LogP contribution in [-0.4, -0.2) is 65.0 Å². The Morgan fingerprint density at radius 2 is 2.00 bits per heavy atom. The van der Waals surface area contributed by atoms with E-state index in [0.29, 0.717) is 24.5 Å². The van der Waals surface area contributed by atoms with Gasteiger partial charge in [0, 0.05) is 38.1 Å². The molecule has 8 nitrogen and oxygen atoms in total. The Balaban J connectivity index is 1.28. The summed E-state index contributed by atoms with van der Waals surface area (Å²) in [6, 6.07) is 13.4. The van der Waals surface area contributed by atoms with Crippen LogP contribution in [0.3, 0.4) is 0 Å². The number of hydrogen-bond donors (Lipinski definition) is 1. The Labute approximate surface area is 188 Å². The number of benzene rings is 1. The molecular weight excluding hydrogens is 406 g/mol. The fourth-order valence-corrected chi connectivity index (χ4v) is 3.65. The summed E-state index contributed by atoms with van der Waals surface area (Å²) in [5.41, 5.74) is 3.42. The van der Waals surface area contributed by atoms with Gasteiger partial charge in [0.25, 0.3) is 5.91 Å². The molecule has 0 bridgehead atoms. The number of pyridine rings is 1. The quantitative estimate of drug-likeness (QED) is 0.586. The summed E-state index contributed by atoms with van der Waals surface area (Å²) in [5.74, 6) is 1.33. The van der Waals surface area contributed by atoms with Gasteiger partial charge in [-0.05, 0) is 49.7 Å². The third-order valence-electron chi connectivity index (χ3n) is 5.37. The Bertz CT molecular complexity index is 1040. The van der Waals surface area contributed by atoms with E-state index < -0.39 is 0 Å². The van der Waals surface area contributed by atoms with Gasteiger partial charge in [-0.2, -0.15) is 5.10 Å². The van der Waals surface area contributed by atoms with E-state index in [-0.39, 0.29) is 5.91 Å². The van der Waals surface area contributed by atoms with Gasteiger partial charge in [-0.1, -0.05) is 12.1 Å². The zero-order valence-corrected chi connectivity index (χ0v) is 18.6. The summed E-state index contributed by atoms with van der Waals surface area (Å²) < 4.78 is 13.0. The molecule has 0 radical (unpaired) electrons. The molecule has 1 saturated heterocycles. The molecule has 3 heterocycles. The van der Waals surface area contributed by atoms with Crippen molar-refractivity contribution in [1.29, 1.82) is 0 Å². The maximum absolute atomic E-state index is 12.5. The molecule has 1 amide bonds. The number of carbonyl (C=O) groups is 1. The first kappa shape index (κ1) is 22.0. The number of carbonyl (C=O) groups excluding carboxylic acids is 1. The molecule has 0 saturated carbocycles. The Kier molecular flexibility index (Phi) is 7.14. The number of amides is 1. The molecule has 32 heavy (non-hydrogen) atoms. The van der Waals surface area contributed by atoms with Crippen molar-refractivity contribution in [3.8, 4) is 11.6 Å². The summed E-state index contributed by atoms with van der Waals surface area (Å²) in [7, 11) is 0. The summed E-state index contributed by atoms with van der Waals surface area (Å²) in [4.78, 5) is 19.3. The second-order valence-corrected chi connectivity index (χ2v) is 7.88. The minimum absolute atomic E-state index is 0.170. The van der Waals surface area contributed by atoms with Crippen LogP contribution in [0.4, 0.5) is 0 Å². The van der Waals surface area contributed by atoms with E-state index in [0.717, 1.165) is 55.5 Å². The molecule has 0 aliphatic carbocycles. The van der Waals surface area contributed by atoms with E-state index in [4.69, 9.17) is 9.47 Å². The van der Waals surface area contributed by atoms with Crippen LogP contribution in [0.15, 0.2) is 48.7 Å². The maximum atomic E-state index is 12.5. The predicted octanol–water partition coefficient (Wildman–Crippen LogP) is 2.53. The molecular formula is C24H29N5O3. The highest BCUT2D eigenvalue weighted by atomic mass is 16.5. The predicted molar refractivity (Wildman–Crippen MR) is 121 cm³/mol. The monoisotopic (exact) mass is 435 g/mol. The highest BCUT2D eigenvalue weighted by Crippen LogP contribution is 2.14. The number of morpholine rings is 1. The van der Waals surface area contributed by atoms with Crippen molar-refractivity contribution in [2.24, 2.45) is 0 Å². The van der Waals surface area contributed by atoms with Gasteiger partial charge in [-0.25, -0.2) is 9.67 Å². The second kappa shape index (κ2) is 10.4. The van der Waals surface area contributed by atoms with Crippen molar-refractivity contribution in [3.05, 3.63) is 71.2 Å². The number of nitrogens with zero attached hydrogens (tertiary/aromatic N) is 4. The summed E-state index contributed by atoms with van der Waals surface area (Å²) in [6.07, 6.45) is 1.58. The van der Waals surface area contributed by atoms with Gasteiger partial charge in [0.05, 0.1) is 24.5 Å². The van der Waals surface area contributed by atoms with E-state index in [9.17, 15) is 4.79 Å². The van der Waals surface area contributed by atoms with E-state index in [1.54, 1.807) is 23.0 Å². The number of hydrogen-bond acceptors (Lipinski definition) is 6. The molecule has 0 spiro atoms. The third kappa shape index (κ3) is 5.72. The van der Waals surface area contributed by atoms with Crippen LogP contribution in [-0.2, 0) is 11.3 Å². The van der Waals surface area contributed by atoms with Crippen LogP contribution in [0.25, 0.3) is 5.82 Å². The van der Waals surface area contributed by atoms with Crippen LogP contribution in [0.1, 0.15) is 27.3 Å². The van der Waals surface area contributed by atoms with Gasteiger partial charge in [-0.15, -0.1) is 0 Å². The number of ether oxygens (including phenoxy) is 2. The van der Waals surface area contributed by atoms with Gasteiger partial charge in [0.15, 0.2) is 5.82 Å². The van der Waals surface area contributed by atoms with Gasteiger partial charge in [0.2, 0.25) is 0 Å². The van der Waals surface area contributed by atoms with Crippen molar-refractivity contribution in [1.82, 2.24) is 25.0 Å². The molecule has 1 aliphatic heterocycles. The molecule has 1 fully saturated rings. The van der Waals surface area contributed by atoms with Crippen molar-refractivity contribution >= 4 is 5.91 Å². The highest BCUT2D eigenvalue weighted by Gasteiger charge is 2.11.